The zero-order chi connectivity index (χ0) is 25.8. The van der Waals surface area contributed by atoms with Crippen LogP contribution in [-0.2, 0) is 4.79 Å². The van der Waals surface area contributed by atoms with E-state index in [1.165, 1.54) is 89.9 Å². The fourth-order valence-corrected chi connectivity index (χ4v) is 4.33. The van der Waals surface area contributed by atoms with E-state index in [4.69, 9.17) is 0 Å². The van der Waals surface area contributed by atoms with E-state index in [2.05, 4.69) is 43.5 Å². The van der Waals surface area contributed by atoms with Gasteiger partial charge in [-0.25, -0.2) is 0 Å². The van der Waals surface area contributed by atoms with Crippen LogP contribution in [0.5, 0.6) is 0 Å². The van der Waals surface area contributed by atoms with Crippen LogP contribution in [0.2, 0.25) is 0 Å². The fourth-order valence-electron chi connectivity index (χ4n) is 4.33. The molecule has 0 aliphatic rings. The Hall–Kier alpha value is -1.13. The van der Waals surface area contributed by atoms with E-state index in [9.17, 15) is 15.0 Å². The number of aliphatic hydroxyl groups is 2. The number of amides is 1. The number of carbonyl (C=O) groups is 1. The fraction of sp³-hybridized carbons (Fsp3) is 0.839. The van der Waals surface area contributed by atoms with Crippen molar-refractivity contribution in [3.8, 4) is 0 Å². The Morgan fingerprint density at radius 1 is 0.686 bits per heavy atom. The van der Waals surface area contributed by atoms with Crippen molar-refractivity contribution in [2.24, 2.45) is 0 Å². The largest absolute Gasteiger partial charge is 0.394 e. The monoisotopic (exact) mass is 493 g/mol. The van der Waals surface area contributed by atoms with Crippen LogP contribution in [0.15, 0.2) is 24.3 Å². The van der Waals surface area contributed by atoms with Gasteiger partial charge in [0.2, 0.25) is 5.91 Å². The molecule has 0 aliphatic heterocycles. The molecule has 0 saturated carbocycles. The van der Waals surface area contributed by atoms with Crippen LogP contribution < -0.4 is 5.32 Å². The number of hydrogen-bond acceptors (Lipinski definition) is 3. The number of aliphatic hydroxyl groups excluding tert-OH is 2. The zero-order valence-electron chi connectivity index (χ0n) is 23.3. The zero-order valence-corrected chi connectivity index (χ0v) is 23.3. The third-order valence-electron chi connectivity index (χ3n) is 6.72. The summed E-state index contributed by atoms with van der Waals surface area (Å²) in [6, 6.07) is -0.533. The summed E-state index contributed by atoms with van der Waals surface area (Å²) in [6.07, 6.45) is 32.4. The van der Waals surface area contributed by atoms with Gasteiger partial charge in [0, 0.05) is 6.42 Å². The lowest BCUT2D eigenvalue weighted by atomic mass is 10.0. The number of rotatable bonds is 26. The Kier molecular flexibility index (Phi) is 26.6. The quantitative estimate of drug-likeness (QED) is 0.0840. The van der Waals surface area contributed by atoms with E-state index in [0.29, 0.717) is 12.8 Å². The average molecular weight is 494 g/mol. The number of nitrogens with one attached hydrogen (secondary N) is 1. The molecular formula is C31H59NO3. The number of hydrogen-bond donors (Lipinski definition) is 3. The first kappa shape index (κ1) is 33.9. The van der Waals surface area contributed by atoms with Gasteiger partial charge in [0.05, 0.1) is 18.8 Å². The molecule has 0 radical (unpaired) electrons. The maximum atomic E-state index is 12.2. The molecule has 0 bridgehead atoms. The van der Waals surface area contributed by atoms with Gasteiger partial charge in [-0.05, 0) is 44.9 Å². The van der Waals surface area contributed by atoms with Gasteiger partial charge in [-0.15, -0.1) is 0 Å². The van der Waals surface area contributed by atoms with Crippen molar-refractivity contribution in [2.45, 2.75) is 161 Å². The summed E-state index contributed by atoms with van der Waals surface area (Å²) in [6.45, 7) is 4.24. The van der Waals surface area contributed by atoms with Crippen molar-refractivity contribution in [1.82, 2.24) is 5.32 Å². The molecule has 0 aromatic heterocycles. The van der Waals surface area contributed by atoms with Crippen molar-refractivity contribution in [3.63, 3.8) is 0 Å². The van der Waals surface area contributed by atoms with E-state index < -0.39 is 12.1 Å². The molecule has 206 valence electrons. The van der Waals surface area contributed by atoms with Crippen molar-refractivity contribution in [2.75, 3.05) is 6.61 Å². The lowest BCUT2D eigenvalue weighted by Gasteiger charge is -2.22. The average Bonchev–Trinajstić information content (AvgIpc) is 2.86. The van der Waals surface area contributed by atoms with E-state index in [1.807, 2.05) is 0 Å². The highest BCUT2D eigenvalue weighted by Crippen LogP contribution is 2.12. The molecule has 2 atom stereocenters. The van der Waals surface area contributed by atoms with Gasteiger partial charge in [-0.1, -0.05) is 122 Å². The molecule has 0 heterocycles. The summed E-state index contributed by atoms with van der Waals surface area (Å²) in [5.41, 5.74) is 0. The van der Waals surface area contributed by atoms with Gasteiger partial charge in [-0.2, -0.15) is 0 Å². The summed E-state index contributed by atoms with van der Waals surface area (Å²) in [4.78, 5) is 12.2. The molecule has 0 aliphatic carbocycles. The highest BCUT2D eigenvalue weighted by molar-refractivity contribution is 5.76. The van der Waals surface area contributed by atoms with E-state index >= 15 is 0 Å². The lowest BCUT2D eigenvalue weighted by molar-refractivity contribution is -0.123. The van der Waals surface area contributed by atoms with Gasteiger partial charge >= 0.3 is 0 Å². The molecule has 0 fully saturated rings. The summed E-state index contributed by atoms with van der Waals surface area (Å²) < 4.78 is 0. The van der Waals surface area contributed by atoms with Crippen LogP contribution in [0.4, 0.5) is 0 Å². The highest BCUT2D eigenvalue weighted by Gasteiger charge is 2.19. The molecule has 2 unspecified atom stereocenters. The minimum Gasteiger partial charge on any atom is -0.394 e. The normalized spacial score (nSPS) is 13.6. The van der Waals surface area contributed by atoms with Crippen molar-refractivity contribution >= 4 is 5.91 Å². The molecule has 3 N–H and O–H groups in total. The van der Waals surface area contributed by atoms with E-state index in [0.717, 1.165) is 32.1 Å². The highest BCUT2D eigenvalue weighted by atomic mass is 16.3. The topological polar surface area (TPSA) is 69.6 Å². The standard InChI is InChI=1S/C31H59NO3/c1-3-5-7-9-10-11-12-13-14-15-16-17-18-19-20-21-23-25-27-31(35)32-29(28-33)30(34)26-24-22-8-6-4-2/h11-12,14-15,29-30,33-34H,3-10,13,16-28H2,1-2H3,(H,32,35)/b12-11-,15-14-. The Labute approximate surface area is 218 Å². The summed E-state index contributed by atoms with van der Waals surface area (Å²) >= 11 is 0. The van der Waals surface area contributed by atoms with Crippen molar-refractivity contribution in [3.05, 3.63) is 24.3 Å². The minimum absolute atomic E-state index is 0.0489. The van der Waals surface area contributed by atoms with Crippen LogP contribution in [0, 0.1) is 0 Å². The van der Waals surface area contributed by atoms with Crippen LogP contribution in [0.1, 0.15) is 149 Å². The third kappa shape index (κ3) is 24.3. The Morgan fingerprint density at radius 2 is 1.17 bits per heavy atom. The van der Waals surface area contributed by atoms with Gasteiger partial charge in [0.1, 0.15) is 0 Å². The molecule has 35 heavy (non-hydrogen) atoms. The first-order valence-corrected chi connectivity index (χ1v) is 15.0. The molecule has 0 rings (SSSR count). The third-order valence-corrected chi connectivity index (χ3v) is 6.72. The second kappa shape index (κ2) is 27.5. The molecule has 4 heteroatoms. The second-order valence-electron chi connectivity index (χ2n) is 10.2. The number of unbranched alkanes of at least 4 members (excludes halogenated alkanes) is 15. The van der Waals surface area contributed by atoms with Gasteiger partial charge in [-0.3, -0.25) is 4.79 Å². The number of carbonyl (C=O) groups excluding carboxylic acids is 1. The predicted octanol–water partition coefficient (Wildman–Crippen LogP) is 8.17. The molecule has 0 saturated heterocycles. The Morgan fingerprint density at radius 3 is 1.74 bits per heavy atom. The summed E-state index contributed by atoms with van der Waals surface area (Å²) in [5, 5.41) is 22.6. The number of allylic oxidation sites excluding steroid dienone is 4. The predicted molar refractivity (Wildman–Crippen MR) is 152 cm³/mol. The van der Waals surface area contributed by atoms with Crippen LogP contribution in [-0.4, -0.2) is 34.9 Å². The van der Waals surface area contributed by atoms with Crippen molar-refractivity contribution in [1.29, 1.82) is 0 Å². The molecule has 4 nitrogen and oxygen atoms in total. The van der Waals surface area contributed by atoms with Gasteiger partial charge in [0.25, 0.3) is 0 Å². The second-order valence-corrected chi connectivity index (χ2v) is 10.2. The van der Waals surface area contributed by atoms with Gasteiger partial charge < -0.3 is 15.5 Å². The van der Waals surface area contributed by atoms with E-state index in [-0.39, 0.29) is 12.5 Å². The van der Waals surface area contributed by atoms with Crippen LogP contribution in [0.3, 0.4) is 0 Å². The van der Waals surface area contributed by atoms with Crippen LogP contribution in [0.25, 0.3) is 0 Å². The summed E-state index contributed by atoms with van der Waals surface area (Å²) in [5.74, 6) is -0.0489. The van der Waals surface area contributed by atoms with Crippen molar-refractivity contribution < 1.29 is 15.0 Å². The first-order valence-electron chi connectivity index (χ1n) is 15.0. The molecule has 0 spiro atoms. The van der Waals surface area contributed by atoms with E-state index in [1.54, 1.807) is 0 Å². The Bertz CT molecular complexity index is 503. The molecule has 0 aromatic rings. The lowest BCUT2D eigenvalue weighted by Crippen LogP contribution is -2.45. The molecule has 0 aromatic carbocycles. The minimum atomic E-state index is -0.655. The first-order chi connectivity index (χ1) is 17.2. The molecule has 1 amide bonds. The maximum absolute atomic E-state index is 12.2. The SMILES string of the molecule is CCCCCC/C=C\C/C=C\CCCCCCCCCC(=O)NC(CO)C(O)CCCCCCC. The molecular weight excluding hydrogens is 434 g/mol. The smallest absolute Gasteiger partial charge is 0.220 e. The van der Waals surface area contributed by atoms with Crippen LogP contribution >= 0.6 is 0 Å². The van der Waals surface area contributed by atoms with Gasteiger partial charge in [0.15, 0.2) is 0 Å². The Balaban J connectivity index is 3.56. The maximum Gasteiger partial charge on any atom is 0.220 e. The summed E-state index contributed by atoms with van der Waals surface area (Å²) in [7, 11) is 0.